The van der Waals surface area contributed by atoms with Gasteiger partial charge in [0.2, 0.25) is 11.8 Å². The van der Waals surface area contributed by atoms with Crippen molar-refractivity contribution in [2.45, 2.75) is 102 Å². The number of allylic oxidation sites excluding steroid dienone is 1. The molecule has 1 saturated heterocycles. The summed E-state index contributed by atoms with van der Waals surface area (Å²) in [6.07, 6.45) is 7.08. The van der Waals surface area contributed by atoms with E-state index in [4.69, 9.17) is 4.74 Å². The predicted octanol–water partition coefficient (Wildman–Crippen LogP) is 1.50. The number of nitrogens with one attached hydrogen (secondary N) is 2. The lowest BCUT2D eigenvalue weighted by Crippen LogP contribution is -2.56. The van der Waals surface area contributed by atoms with E-state index in [0.29, 0.717) is 25.1 Å². The van der Waals surface area contributed by atoms with E-state index >= 15 is 0 Å². The highest BCUT2D eigenvalue weighted by molar-refractivity contribution is 5.96. The second-order valence-corrected chi connectivity index (χ2v) is 11.4. The molecule has 5 atom stereocenters. The second-order valence-electron chi connectivity index (χ2n) is 11.4. The minimum Gasteiger partial charge on any atom is -0.479 e. The highest BCUT2D eigenvalue weighted by atomic mass is 16.6. The maximum atomic E-state index is 13.9. The van der Waals surface area contributed by atoms with E-state index in [-0.39, 0.29) is 18.9 Å². The van der Waals surface area contributed by atoms with Crippen LogP contribution in [0.15, 0.2) is 12.2 Å². The average Bonchev–Trinajstić information content (AvgIpc) is 3.14. The van der Waals surface area contributed by atoms with E-state index in [1.807, 2.05) is 12.2 Å². The molecule has 0 radical (unpaired) electrons. The second kappa shape index (κ2) is 10.7. The minimum absolute atomic E-state index is 0.114. The number of carbonyl (C=O) groups excluding carboxylic acids is 3. The molecule has 208 valence electrons. The molecule has 13 heteroatoms. The summed E-state index contributed by atoms with van der Waals surface area (Å²) in [5, 5.41) is 27.6. The number of nitrogens with zero attached hydrogens (tertiary/aromatic N) is 5. The van der Waals surface area contributed by atoms with Crippen molar-refractivity contribution in [3.63, 3.8) is 0 Å². The number of ether oxygens (including phenoxy) is 1. The van der Waals surface area contributed by atoms with E-state index in [2.05, 4.69) is 26.0 Å². The molecular weight excluding hydrogens is 494 g/mol. The van der Waals surface area contributed by atoms with E-state index in [9.17, 15) is 24.3 Å². The SMILES string of the molecule is Cc1nnn([C@@H]2C[C@H]3C(=O)N[C@]4(C(=O)O)C[C@@H]4/C=C\CCCCC[C@H](NC(=O)OC(C)(C)C)C(=O)N3C2)n1. The van der Waals surface area contributed by atoms with Gasteiger partial charge < -0.3 is 25.4 Å². The number of carbonyl (C=O) groups is 4. The van der Waals surface area contributed by atoms with Crippen molar-refractivity contribution in [1.29, 1.82) is 0 Å². The fourth-order valence-electron chi connectivity index (χ4n) is 5.15. The van der Waals surface area contributed by atoms with Gasteiger partial charge in [0.1, 0.15) is 23.2 Å². The van der Waals surface area contributed by atoms with Gasteiger partial charge in [-0.25, -0.2) is 9.59 Å². The van der Waals surface area contributed by atoms with Crippen LogP contribution >= 0.6 is 0 Å². The van der Waals surface area contributed by atoms with E-state index in [0.717, 1.165) is 19.3 Å². The van der Waals surface area contributed by atoms with Gasteiger partial charge in [0, 0.05) is 18.9 Å². The molecule has 0 aromatic carbocycles. The normalized spacial score (nSPS) is 31.2. The molecule has 38 heavy (non-hydrogen) atoms. The first kappa shape index (κ1) is 27.5. The number of aromatic nitrogens is 4. The molecule has 2 aliphatic heterocycles. The summed E-state index contributed by atoms with van der Waals surface area (Å²) < 4.78 is 5.39. The number of fused-ring (bicyclic) bond motifs is 2. The maximum Gasteiger partial charge on any atom is 0.408 e. The largest absolute Gasteiger partial charge is 0.479 e. The number of aryl methyl sites for hydroxylation is 1. The zero-order valence-electron chi connectivity index (χ0n) is 22.3. The number of rotatable bonds is 3. The third kappa shape index (κ3) is 6.13. The number of alkyl carbamates (subject to hydrolysis) is 1. The molecule has 1 aromatic heterocycles. The Morgan fingerprint density at radius 3 is 2.66 bits per heavy atom. The van der Waals surface area contributed by atoms with Gasteiger partial charge in [-0.3, -0.25) is 9.59 Å². The molecule has 3 N–H and O–H groups in total. The maximum absolute atomic E-state index is 13.9. The lowest BCUT2D eigenvalue weighted by atomic mass is 10.0. The quantitative estimate of drug-likeness (QED) is 0.489. The number of aliphatic carboxylic acids is 1. The molecular formula is C25H37N7O6. The van der Waals surface area contributed by atoms with Gasteiger partial charge in [0.25, 0.3) is 0 Å². The standard InChI is InChI=1S/C25H37N7O6/c1-15-28-30-32(29-15)17-12-19-20(33)27-25(22(35)36)13-16(25)10-8-6-5-7-9-11-18(21(34)31(19)14-17)26-23(37)38-24(2,3)4/h8,10,16-19H,5-7,9,11-14H2,1-4H3,(H,26,37)(H,27,33)(H,35,36)/b10-8-/t16-,17+,18-,19-,25+/m0/s1. The summed E-state index contributed by atoms with van der Waals surface area (Å²) in [6.45, 7) is 7.01. The average molecular weight is 532 g/mol. The zero-order chi connectivity index (χ0) is 27.7. The molecule has 2 fully saturated rings. The molecule has 1 aromatic rings. The van der Waals surface area contributed by atoms with Crippen molar-refractivity contribution < 1.29 is 29.0 Å². The molecule has 3 heterocycles. The van der Waals surface area contributed by atoms with Gasteiger partial charge in [-0.15, -0.1) is 10.2 Å². The molecule has 3 amide bonds. The first-order valence-electron chi connectivity index (χ1n) is 13.2. The number of hydrogen-bond acceptors (Lipinski definition) is 8. The first-order valence-corrected chi connectivity index (χ1v) is 13.2. The molecule has 1 aliphatic carbocycles. The Morgan fingerprint density at radius 2 is 2.00 bits per heavy atom. The Kier molecular flexibility index (Phi) is 7.75. The number of amides is 3. The molecule has 1 saturated carbocycles. The van der Waals surface area contributed by atoms with Crippen LogP contribution in [0.25, 0.3) is 0 Å². The Hall–Kier alpha value is -3.51. The van der Waals surface area contributed by atoms with Crippen LogP contribution in [0.2, 0.25) is 0 Å². The number of carboxylic acid groups (broad SMARTS) is 1. The van der Waals surface area contributed by atoms with Gasteiger partial charge in [0.15, 0.2) is 5.82 Å². The zero-order valence-corrected chi connectivity index (χ0v) is 22.3. The van der Waals surface area contributed by atoms with E-state index in [1.54, 1.807) is 27.7 Å². The predicted molar refractivity (Wildman–Crippen MR) is 134 cm³/mol. The van der Waals surface area contributed by atoms with Crippen LogP contribution in [0.5, 0.6) is 0 Å². The van der Waals surface area contributed by atoms with Crippen molar-refractivity contribution in [2.24, 2.45) is 5.92 Å². The van der Waals surface area contributed by atoms with Crippen LogP contribution in [0, 0.1) is 12.8 Å². The Labute approximate surface area is 221 Å². The fraction of sp³-hybridized carbons (Fsp3) is 0.720. The van der Waals surface area contributed by atoms with Crippen molar-refractivity contribution >= 4 is 23.9 Å². The Morgan fingerprint density at radius 1 is 1.24 bits per heavy atom. The third-order valence-corrected chi connectivity index (χ3v) is 7.18. The summed E-state index contributed by atoms with van der Waals surface area (Å²) >= 11 is 0. The molecule has 0 spiro atoms. The molecule has 0 unspecified atom stereocenters. The number of hydrogen-bond donors (Lipinski definition) is 3. The van der Waals surface area contributed by atoms with Crippen molar-refractivity contribution in [2.75, 3.05) is 6.54 Å². The van der Waals surface area contributed by atoms with Gasteiger partial charge in [-0.05, 0) is 58.6 Å². The topological polar surface area (TPSA) is 169 Å². The Balaban J connectivity index is 1.63. The van der Waals surface area contributed by atoms with Crippen LogP contribution in [0.4, 0.5) is 4.79 Å². The van der Waals surface area contributed by atoms with Crippen molar-refractivity contribution in [3.8, 4) is 0 Å². The van der Waals surface area contributed by atoms with Crippen LogP contribution in [0.1, 0.15) is 77.6 Å². The van der Waals surface area contributed by atoms with E-state index < -0.39 is 53.1 Å². The highest BCUT2D eigenvalue weighted by Crippen LogP contribution is 2.45. The monoisotopic (exact) mass is 531 g/mol. The summed E-state index contributed by atoms with van der Waals surface area (Å²) in [6, 6.07) is -2.31. The lowest BCUT2D eigenvalue weighted by molar-refractivity contribution is -0.145. The molecule has 0 bridgehead atoms. The van der Waals surface area contributed by atoms with E-state index in [1.165, 1.54) is 9.70 Å². The summed E-state index contributed by atoms with van der Waals surface area (Å²) in [5.74, 6) is -1.94. The first-order chi connectivity index (χ1) is 17.9. The number of tetrazole rings is 1. The molecule has 4 rings (SSSR count). The highest BCUT2D eigenvalue weighted by Gasteiger charge is 2.61. The van der Waals surface area contributed by atoms with Crippen LogP contribution in [-0.2, 0) is 19.1 Å². The summed E-state index contributed by atoms with van der Waals surface area (Å²) in [4.78, 5) is 55.0. The lowest BCUT2D eigenvalue weighted by Gasteiger charge is -2.30. The minimum atomic E-state index is -1.39. The van der Waals surface area contributed by atoms with Gasteiger partial charge in [-0.1, -0.05) is 25.0 Å². The fourth-order valence-corrected chi connectivity index (χ4v) is 5.15. The molecule has 3 aliphatic rings. The number of carboxylic acids is 1. The summed E-state index contributed by atoms with van der Waals surface area (Å²) in [7, 11) is 0. The Bertz CT molecular complexity index is 1110. The van der Waals surface area contributed by atoms with Crippen molar-refractivity contribution in [3.05, 3.63) is 18.0 Å². The van der Waals surface area contributed by atoms with Crippen LogP contribution in [0.3, 0.4) is 0 Å². The smallest absolute Gasteiger partial charge is 0.408 e. The van der Waals surface area contributed by atoms with Gasteiger partial charge in [0.05, 0.1) is 6.04 Å². The van der Waals surface area contributed by atoms with Gasteiger partial charge in [-0.2, -0.15) is 4.80 Å². The van der Waals surface area contributed by atoms with Crippen molar-refractivity contribution in [1.82, 2.24) is 35.7 Å². The van der Waals surface area contributed by atoms with Gasteiger partial charge >= 0.3 is 12.1 Å². The molecule has 13 nitrogen and oxygen atoms in total. The van der Waals surface area contributed by atoms with Crippen LogP contribution in [-0.4, -0.2) is 83.9 Å². The van der Waals surface area contributed by atoms with Crippen LogP contribution < -0.4 is 10.6 Å². The summed E-state index contributed by atoms with van der Waals surface area (Å²) in [5.41, 5.74) is -2.14. The third-order valence-electron chi connectivity index (χ3n) is 7.18.